The first kappa shape index (κ1) is 14.2. The van der Waals surface area contributed by atoms with Crippen LogP contribution in [-0.4, -0.2) is 7.11 Å². The van der Waals surface area contributed by atoms with Crippen molar-refractivity contribution < 1.29 is 13.9 Å². The minimum Gasteiger partial charge on any atom is -0.496 e. The summed E-state index contributed by atoms with van der Waals surface area (Å²) in [4.78, 5) is 0. The van der Waals surface area contributed by atoms with Crippen molar-refractivity contribution in [2.45, 2.75) is 6.61 Å². The van der Waals surface area contributed by atoms with Crippen LogP contribution in [0.3, 0.4) is 0 Å². The highest BCUT2D eigenvalue weighted by Gasteiger charge is 2.08. The number of hydrogen-bond donors (Lipinski definition) is 0. The third-order valence-corrected chi connectivity index (χ3v) is 3.25. The number of hydrogen-bond acceptors (Lipinski definition) is 2. The van der Waals surface area contributed by atoms with Gasteiger partial charge in [0.2, 0.25) is 0 Å². The van der Waals surface area contributed by atoms with Crippen molar-refractivity contribution in [3.05, 3.63) is 57.3 Å². The topological polar surface area (TPSA) is 18.5 Å². The van der Waals surface area contributed by atoms with Gasteiger partial charge in [-0.1, -0.05) is 27.5 Å². The minimum absolute atomic E-state index is 0.177. The number of ether oxygens (including phenoxy) is 2. The average Bonchev–Trinajstić information content (AvgIpc) is 2.40. The SMILES string of the molecule is COc1ccc(Cl)cc1COc1cc(Br)ccc1F. The second-order valence-electron chi connectivity index (χ2n) is 3.82. The molecule has 0 bridgehead atoms. The fourth-order valence-electron chi connectivity index (χ4n) is 1.60. The van der Waals surface area contributed by atoms with Gasteiger partial charge in [-0.2, -0.15) is 0 Å². The van der Waals surface area contributed by atoms with E-state index in [0.717, 1.165) is 10.0 Å². The lowest BCUT2D eigenvalue weighted by Gasteiger charge is -2.11. The highest BCUT2D eigenvalue weighted by molar-refractivity contribution is 9.10. The van der Waals surface area contributed by atoms with Gasteiger partial charge in [0.05, 0.1) is 7.11 Å². The summed E-state index contributed by atoms with van der Waals surface area (Å²) in [5, 5.41) is 0.578. The van der Waals surface area contributed by atoms with Crippen molar-refractivity contribution in [2.24, 2.45) is 0 Å². The molecule has 0 atom stereocenters. The molecule has 0 unspecified atom stereocenters. The Morgan fingerprint density at radius 1 is 1.16 bits per heavy atom. The Kier molecular flexibility index (Phi) is 4.66. The van der Waals surface area contributed by atoms with Crippen LogP contribution in [0.25, 0.3) is 0 Å². The van der Waals surface area contributed by atoms with Gasteiger partial charge in [0.1, 0.15) is 12.4 Å². The van der Waals surface area contributed by atoms with Crippen LogP contribution in [-0.2, 0) is 6.61 Å². The maximum Gasteiger partial charge on any atom is 0.165 e. The lowest BCUT2D eigenvalue weighted by molar-refractivity contribution is 0.282. The maximum absolute atomic E-state index is 13.5. The Labute approximate surface area is 124 Å². The molecule has 2 rings (SSSR count). The van der Waals surface area contributed by atoms with E-state index in [1.165, 1.54) is 6.07 Å². The van der Waals surface area contributed by atoms with E-state index >= 15 is 0 Å². The van der Waals surface area contributed by atoms with Gasteiger partial charge in [-0.25, -0.2) is 4.39 Å². The zero-order valence-corrected chi connectivity index (χ0v) is 12.5. The van der Waals surface area contributed by atoms with Gasteiger partial charge in [-0.3, -0.25) is 0 Å². The van der Waals surface area contributed by atoms with E-state index in [-0.39, 0.29) is 12.4 Å². The predicted octanol–water partition coefficient (Wildman–Crippen LogP) is 4.83. The summed E-state index contributed by atoms with van der Waals surface area (Å²) in [7, 11) is 1.56. The molecule has 2 aromatic carbocycles. The van der Waals surface area contributed by atoms with Gasteiger partial charge in [-0.05, 0) is 36.4 Å². The normalized spacial score (nSPS) is 10.3. The molecular formula is C14H11BrClFO2. The lowest BCUT2D eigenvalue weighted by Crippen LogP contribution is -2.00. The van der Waals surface area contributed by atoms with Gasteiger partial charge in [-0.15, -0.1) is 0 Å². The number of halogens is 3. The van der Waals surface area contributed by atoms with Crippen LogP contribution in [0.15, 0.2) is 40.9 Å². The van der Waals surface area contributed by atoms with Crippen molar-refractivity contribution >= 4 is 27.5 Å². The van der Waals surface area contributed by atoms with Crippen molar-refractivity contribution in [1.82, 2.24) is 0 Å². The molecule has 0 fully saturated rings. The third kappa shape index (κ3) is 3.61. The molecule has 0 saturated carbocycles. The highest BCUT2D eigenvalue weighted by atomic mass is 79.9. The van der Waals surface area contributed by atoms with Gasteiger partial charge in [0.25, 0.3) is 0 Å². The minimum atomic E-state index is -0.413. The van der Waals surface area contributed by atoms with E-state index in [4.69, 9.17) is 21.1 Å². The number of benzene rings is 2. The molecule has 5 heteroatoms. The third-order valence-electron chi connectivity index (χ3n) is 2.52. The summed E-state index contributed by atoms with van der Waals surface area (Å²) in [6.07, 6.45) is 0. The second kappa shape index (κ2) is 6.26. The molecule has 0 aromatic heterocycles. The Morgan fingerprint density at radius 2 is 1.95 bits per heavy atom. The fourth-order valence-corrected chi connectivity index (χ4v) is 2.14. The Balaban J connectivity index is 2.18. The second-order valence-corrected chi connectivity index (χ2v) is 5.17. The first-order valence-corrected chi connectivity index (χ1v) is 6.67. The Hall–Kier alpha value is -1.26. The summed E-state index contributed by atoms with van der Waals surface area (Å²) >= 11 is 9.19. The smallest absolute Gasteiger partial charge is 0.165 e. The molecule has 2 nitrogen and oxygen atoms in total. The maximum atomic E-state index is 13.5. The van der Waals surface area contributed by atoms with Crippen LogP contribution in [0, 0.1) is 5.82 Å². The van der Waals surface area contributed by atoms with Crippen LogP contribution < -0.4 is 9.47 Å². The Morgan fingerprint density at radius 3 is 2.68 bits per heavy atom. The van der Waals surface area contributed by atoms with E-state index in [1.807, 2.05) is 0 Å². The lowest BCUT2D eigenvalue weighted by atomic mass is 10.2. The molecule has 0 spiro atoms. The molecule has 0 saturated heterocycles. The van der Waals surface area contributed by atoms with Gasteiger partial charge in [0.15, 0.2) is 11.6 Å². The summed E-state index contributed by atoms with van der Waals surface area (Å²) < 4.78 is 24.9. The summed E-state index contributed by atoms with van der Waals surface area (Å²) in [6, 6.07) is 9.74. The highest BCUT2D eigenvalue weighted by Crippen LogP contribution is 2.27. The zero-order chi connectivity index (χ0) is 13.8. The molecular weight excluding hydrogens is 335 g/mol. The van der Waals surface area contributed by atoms with E-state index in [0.29, 0.717) is 10.8 Å². The Bertz CT molecular complexity index is 590. The monoisotopic (exact) mass is 344 g/mol. The molecule has 0 amide bonds. The summed E-state index contributed by atoms with van der Waals surface area (Å²) in [5.41, 5.74) is 0.759. The van der Waals surface area contributed by atoms with Gasteiger partial charge < -0.3 is 9.47 Å². The average molecular weight is 346 g/mol. The van der Waals surface area contributed by atoms with E-state index in [9.17, 15) is 4.39 Å². The van der Waals surface area contributed by atoms with Gasteiger partial charge in [0, 0.05) is 15.1 Å². The quantitative estimate of drug-likeness (QED) is 0.790. The molecule has 0 aliphatic heterocycles. The fraction of sp³-hybridized carbons (Fsp3) is 0.143. The van der Waals surface area contributed by atoms with Crippen LogP contribution >= 0.6 is 27.5 Å². The molecule has 0 radical (unpaired) electrons. The summed E-state index contributed by atoms with van der Waals surface area (Å²) in [5.74, 6) is 0.417. The molecule has 100 valence electrons. The van der Waals surface area contributed by atoms with Crippen molar-refractivity contribution in [2.75, 3.05) is 7.11 Å². The van der Waals surface area contributed by atoms with Crippen LogP contribution in [0.2, 0.25) is 5.02 Å². The summed E-state index contributed by atoms with van der Waals surface area (Å²) in [6.45, 7) is 0.178. The van der Waals surface area contributed by atoms with E-state index in [2.05, 4.69) is 15.9 Å². The first-order valence-electron chi connectivity index (χ1n) is 5.50. The van der Waals surface area contributed by atoms with Crippen LogP contribution in [0.1, 0.15) is 5.56 Å². The molecule has 0 heterocycles. The molecule has 0 N–H and O–H groups in total. The van der Waals surface area contributed by atoms with Crippen molar-refractivity contribution in [1.29, 1.82) is 0 Å². The number of rotatable bonds is 4. The molecule has 19 heavy (non-hydrogen) atoms. The molecule has 2 aromatic rings. The van der Waals surface area contributed by atoms with Gasteiger partial charge >= 0.3 is 0 Å². The standard InChI is InChI=1S/C14H11BrClFO2/c1-18-13-5-3-11(16)6-9(13)8-19-14-7-10(15)2-4-12(14)17/h2-7H,8H2,1H3. The van der Waals surface area contributed by atoms with Crippen LogP contribution in [0.4, 0.5) is 4.39 Å². The zero-order valence-electron chi connectivity index (χ0n) is 10.1. The number of methoxy groups -OCH3 is 1. The predicted molar refractivity (Wildman–Crippen MR) is 76.4 cm³/mol. The largest absolute Gasteiger partial charge is 0.496 e. The molecule has 0 aliphatic rings. The van der Waals surface area contributed by atoms with E-state index < -0.39 is 5.82 Å². The van der Waals surface area contributed by atoms with Crippen LogP contribution in [0.5, 0.6) is 11.5 Å². The van der Waals surface area contributed by atoms with Crippen molar-refractivity contribution in [3.63, 3.8) is 0 Å². The first-order chi connectivity index (χ1) is 9.10. The van der Waals surface area contributed by atoms with E-state index in [1.54, 1.807) is 37.4 Å². The van der Waals surface area contributed by atoms with Crippen molar-refractivity contribution in [3.8, 4) is 11.5 Å². The molecule has 0 aliphatic carbocycles.